The minimum absolute atomic E-state index is 0.203. The molecule has 0 saturated carbocycles. The van der Waals surface area contributed by atoms with Crippen LogP contribution < -0.4 is 10.3 Å². The minimum Gasteiger partial charge on any atom is -0.492 e. The molecule has 2 aromatic heterocycles. The number of aliphatic hydroxyl groups excluding tert-OH is 1. The summed E-state index contributed by atoms with van der Waals surface area (Å²) >= 11 is 0. The van der Waals surface area contributed by atoms with Crippen LogP contribution in [0.1, 0.15) is 5.56 Å². The van der Waals surface area contributed by atoms with E-state index in [-0.39, 0.29) is 42.5 Å². The summed E-state index contributed by atoms with van der Waals surface area (Å²) in [5, 5.41) is 14.2. The monoisotopic (exact) mass is 397 g/mol. The molecule has 4 rings (SSSR count). The van der Waals surface area contributed by atoms with E-state index in [0.29, 0.717) is 22.6 Å². The molecule has 2 heterocycles. The number of benzene rings is 2. The number of aromatic nitrogens is 3. The summed E-state index contributed by atoms with van der Waals surface area (Å²) in [5.41, 5.74) is 1.31. The van der Waals surface area contributed by atoms with E-state index < -0.39 is 0 Å². The van der Waals surface area contributed by atoms with Gasteiger partial charge in [-0.05, 0) is 48.5 Å². The van der Waals surface area contributed by atoms with E-state index in [0.717, 1.165) is 0 Å². The van der Waals surface area contributed by atoms with Gasteiger partial charge in [-0.25, -0.2) is 13.3 Å². The van der Waals surface area contributed by atoms with Crippen LogP contribution in [0, 0.1) is 11.6 Å². The van der Waals surface area contributed by atoms with Gasteiger partial charge in [-0.1, -0.05) is 0 Å². The fourth-order valence-corrected chi connectivity index (χ4v) is 3.11. The van der Waals surface area contributed by atoms with Crippen LogP contribution in [0.25, 0.3) is 16.8 Å². The van der Waals surface area contributed by atoms with Gasteiger partial charge >= 0.3 is 0 Å². The molecule has 0 radical (unpaired) electrons. The molecule has 4 aromatic rings. The van der Waals surface area contributed by atoms with Crippen LogP contribution >= 0.6 is 0 Å². The van der Waals surface area contributed by atoms with E-state index in [1.165, 1.54) is 45.5 Å². The van der Waals surface area contributed by atoms with Crippen molar-refractivity contribution in [1.82, 2.24) is 14.2 Å². The maximum absolute atomic E-state index is 13.2. The van der Waals surface area contributed by atoms with Crippen molar-refractivity contribution < 1.29 is 18.6 Å². The molecule has 0 atom stereocenters. The van der Waals surface area contributed by atoms with Crippen molar-refractivity contribution in [2.24, 2.45) is 0 Å². The standard InChI is InChI=1S/C21H17F2N3O3/c22-15-3-1-14(2-4-15)19-18(13-27)20-21(28)25(9-10-26(20)24-19)11-12-29-17-7-5-16(23)6-8-17/h1-10,27H,11-13H2. The van der Waals surface area contributed by atoms with Crippen molar-refractivity contribution in [2.45, 2.75) is 13.2 Å². The topological polar surface area (TPSA) is 68.8 Å². The Balaban J connectivity index is 1.63. The molecule has 29 heavy (non-hydrogen) atoms. The zero-order valence-corrected chi connectivity index (χ0v) is 15.3. The second-order valence-corrected chi connectivity index (χ2v) is 6.38. The van der Waals surface area contributed by atoms with Crippen molar-refractivity contribution >= 4 is 5.52 Å². The Labute approximate surface area is 164 Å². The molecule has 0 aliphatic rings. The first-order valence-corrected chi connectivity index (χ1v) is 8.92. The smallest absolute Gasteiger partial charge is 0.277 e. The van der Waals surface area contributed by atoms with Crippen LogP contribution in [0.5, 0.6) is 5.75 Å². The SMILES string of the molecule is O=c1c2c(CO)c(-c3ccc(F)cc3)nn2ccn1CCOc1ccc(F)cc1. The van der Waals surface area contributed by atoms with Crippen LogP contribution in [0.2, 0.25) is 0 Å². The summed E-state index contributed by atoms with van der Waals surface area (Å²) < 4.78 is 34.6. The summed E-state index contributed by atoms with van der Waals surface area (Å²) in [6, 6.07) is 11.3. The van der Waals surface area contributed by atoms with Gasteiger partial charge in [0.2, 0.25) is 0 Å². The Morgan fingerprint density at radius 1 is 0.966 bits per heavy atom. The Morgan fingerprint density at radius 3 is 2.28 bits per heavy atom. The van der Waals surface area contributed by atoms with Crippen LogP contribution in [-0.4, -0.2) is 25.9 Å². The molecular formula is C21H17F2N3O3. The molecular weight excluding hydrogens is 380 g/mol. The molecule has 1 N–H and O–H groups in total. The lowest BCUT2D eigenvalue weighted by atomic mass is 10.1. The molecule has 148 valence electrons. The van der Waals surface area contributed by atoms with Gasteiger partial charge in [0.25, 0.3) is 5.56 Å². The second kappa shape index (κ2) is 7.84. The van der Waals surface area contributed by atoms with Crippen molar-refractivity contribution in [3.63, 3.8) is 0 Å². The Morgan fingerprint density at radius 2 is 1.62 bits per heavy atom. The number of rotatable bonds is 6. The molecule has 0 bridgehead atoms. The zero-order valence-electron chi connectivity index (χ0n) is 15.3. The van der Waals surface area contributed by atoms with Crippen molar-refractivity contribution in [3.05, 3.63) is 88.5 Å². The summed E-state index contributed by atoms with van der Waals surface area (Å²) in [7, 11) is 0. The highest BCUT2D eigenvalue weighted by Crippen LogP contribution is 2.25. The molecule has 0 aliphatic heterocycles. The van der Waals surface area contributed by atoms with Gasteiger partial charge in [-0.2, -0.15) is 5.10 Å². The number of ether oxygens (including phenoxy) is 1. The number of hydrogen-bond acceptors (Lipinski definition) is 4. The lowest BCUT2D eigenvalue weighted by Crippen LogP contribution is -2.24. The van der Waals surface area contributed by atoms with Gasteiger partial charge in [-0.3, -0.25) is 4.79 Å². The third kappa shape index (κ3) is 3.74. The molecule has 6 nitrogen and oxygen atoms in total. The number of halogens is 2. The lowest BCUT2D eigenvalue weighted by molar-refractivity contribution is 0.283. The third-order valence-corrected chi connectivity index (χ3v) is 4.55. The normalized spacial score (nSPS) is 11.1. The summed E-state index contributed by atoms with van der Waals surface area (Å²) in [6.45, 7) is 0.0747. The first-order chi connectivity index (χ1) is 14.1. The molecule has 0 amide bonds. The quantitative estimate of drug-likeness (QED) is 0.543. The van der Waals surface area contributed by atoms with Crippen molar-refractivity contribution in [1.29, 1.82) is 0 Å². The number of fused-ring (bicyclic) bond motifs is 1. The highest BCUT2D eigenvalue weighted by Gasteiger charge is 2.17. The maximum atomic E-state index is 13.2. The first kappa shape index (κ1) is 18.8. The number of nitrogens with zero attached hydrogens (tertiary/aromatic N) is 3. The molecule has 8 heteroatoms. The average Bonchev–Trinajstić information content (AvgIpc) is 3.11. The molecule has 0 saturated heterocycles. The van der Waals surface area contributed by atoms with Crippen LogP contribution in [0.15, 0.2) is 65.7 Å². The summed E-state index contributed by atoms with van der Waals surface area (Å²) in [5.74, 6) is -0.237. The molecule has 0 fully saturated rings. The van der Waals surface area contributed by atoms with Gasteiger partial charge in [0, 0.05) is 23.5 Å². The summed E-state index contributed by atoms with van der Waals surface area (Å²) in [6.07, 6.45) is 3.19. The lowest BCUT2D eigenvalue weighted by Gasteiger charge is -2.09. The van der Waals surface area contributed by atoms with Gasteiger partial charge < -0.3 is 14.4 Å². The maximum Gasteiger partial charge on any atom is 0.277 e. The Kier molecular flexibility index (Phi) is 5.09. The van der Waals surface area contributed by atoms with Gasteiger partial charge in [-0.15, -0.1) is 0 Å². The highest BCUT2D eigenvalue weighted by molar-refractivity contribution is 5.72. The number of aliphatic hydroxyl groups is 1. The van der Waals surface area contributed by atoms with Crippen LogP contribution in [0.4, 0.5) is 8.78 Å². The number of hydrogen-bond donors (Lipinski definition) is 1. The highest BCUT2D eigenvalue weighted by atomic mass is 19.1. The van der Waals surface area contributed by atoms with E-state index in [9.17, 15) is 18.7 Å². The average molecular weight is 397 g/mol. The predicted octanol–water partition coefficient (Wildman–Crippen LogP) is 3.01. The van der Waals surface area contributed by atoms with Crippen LogP contribution in [-0.2, 0) is 13.2 Å². The Bertz CT molecular complexity index is 1200. The van der Waals surface area contributed by atoms with E-state index >= 15 is 0 Å². The van der Waals surface area contributed by atoms with E-state index in [1.807, 2.05) is 0 Å². The Hall–Kier alpha value is -3.52. The second-order valence-electron chi connectivity index (χ2n) is 6.38. The van der Waals surface area contributed by atoms with Crippen LogP contribution in [0.3, 0.4) is 0 Å². The molecule has 0 spiro atoms. The van der Waals surface area contributed by atoms with E-state index in [2.05, 4.69) is 5.10 Å². The zero-order chi connectivity index (χ0) is 20.4. The largest absolute Gasteiger partial charge is 0.492 e. The minimum atomic E-state index is -0.387. The fraction of sp³-hybridized carbons (Fsp3) is 0.143. The third-order valence-electron chi connectivity index (χ3n) is 4.55. The van der Waals surface area contributed by atoms with Crippen molar-refractivity contribution in [2.75, 3.05) is 6.61 Å². The first-order valence-electron chi connectivity index (χ1n) is 8.92. The van der Waals surface area contributed by atoms with Crippen molar-refractivity contribution in [3.8, 4) is 17.0 Å². The van der Waals surface area contributed by atoms with Gasteiger partial charge in [0.05, 0.1) is 18.8 Å². The van der Waals surface area contributed by atoms with Gasteiger partial charge in [0.15, 0.2) is 0 Å². The molecule has 0 unspecified atom stereocenters. The molecule has 0 aliphatic carbocycles. The van der Waals surface area contributed by atoms with Gasteiger partial charge in [0.1, 0.15) is 29.5 Å². The fourth-order valence-electron chi connectivity index (χ4n) is 3.11. The van der Waals surface area contributed by atoms with E-state index in [4.69, 9.17) is 4.74 Å². The summed E-state index contributed by atoms with van der Waals surface area (Å²) in [4.78, 5) is 12.9. The van der Waals surface area contributed by atoms with E-state index in [1.54, 1.807) is 24.5 Å². The predicted molar refractivity (Wildman–Crippen MR) is 103 cm³/mol. The molecule has 2 aromatic carbocycles.